The molecule has 0 aliphatic carbocycles. The number of rotatable bonds is 8. The van der Waals surface area contributed by atoms with Gasteiger partial charge in [-0.05, 0) is 6.42 Å². The van der Waals surface area contributed by atoms with Crippen molar-refractivity contribution in [2.24, 2.45) is 0 Å². The molecule has 0 aromatic heterocycles. The number of nitriles is 1. The van der Waals surface area contributed by atoms with Crippen molar-refractivity contribution in [1.29, 1.82) is 5.26 Å². The van der Waals surface area contributed by atoms with Crippen LogP contribution in [0.25, 0.3) is 0 Å². The Bertz CT molecular complexity index is 331. The standard InChI is InChI=1S/C11H17N3O3/c1-2-3-5-13-8-9(7-12)11(17)14-6-4-10(15)16/h8,13H,2-6H2,1H3,(H,14,17)(H,15,16)/b9-8-. The lowest BCUT2D eigenvalue weighted by atomic mass is 10.3. The summed E-state index contributed by atoms with van der Waals surface area (Å²) in [5.74, 6) is -1.55. The molecular formula is C11H17N3O3. The molecule has 6 nitrogen and oxygen atoms in total. The molecule has 0 fully saturated rings. The molecule has 0 saturated heterocycles. The zero-order valence-corrected chi connectivity index (χ0v) is 9.82. The monoisotopic (exact) mass is 239 g/mol. The number of carbonyl (C=O) groups excluding carboxylic acids is 1. The molecule has 0 saturated carbocycles. The lowest BCUT2D eigenvalue weighted by molar-refractivity contribution is -0.136. The van der Waals surface area contributed by atoms with Gasteiger partial charge < -0.3 is 15.7 Å². The third-order valence-electron chi connectivity index (χ3n) is 1.91. The van der Waals surface area contributed by atoms with E-state index in [1.54, 1.807) is 6.07 Å². The van der Waals surface area contributed by atoms with Crippen molar-refractivity contribution >= 4 is 11.9 Å². The van der Waals surface area contributed by atoms with E-state index in [1.165, 1.54) is 6.20 Å². The van der Waals surface area contributed by atoms with Gasteiger partial charge in [-0.3, -0.25) is 9.59 Å². The number of amides is 1. The van der Waals surface area contributed by atoms with Gasteiger partial charge in [0.2, 0.25) is 0 Å². The minimum absolute atomic E-state index is 0.0160. The van der Waals surface area contributed by atoms with Gasteiger partial charge in [0.1, 0.15) is 11.6 Å². The van der Waals surface area contributed by atoms with Gasteiger partial charge in [0, 0.05) is 19.3 Å². The van der Waals surface area contributed by atoms with E-state index in [9.17, 15) is 9.59 Å². The molecule has 0 bridgehead atoms. The van der Waals surface area contributed by atoms with E-state index < -0.39 is 11.9 Å². The summed E-state index contributed by atoms with van der Waals surface area (Å²) >= 11 is 0. The van der Waals surface area contributed by atoms with Crippen LogP contribution in [0, 0.1) is 11.3 Å². The van der Waals surface area contributed by atoms with Gasteiger partial charge in [-0.2, -0.15) is 5.26 Å². The first-order chi connectivity index (χ1) is 8.11. The number of carbonyl (C=O) groups is 2. The third-order valence-corrected chi connectivity index (χ3v) is 1.91. The minimum Gasteiger partial charge on any atom is -0.481 e. The molecule has 17 heavy (non-hydrogen) atoms. The molecule has 0 aliphatic rings. The Hall–Kier alpha value is -2.03. The first-order valence-corrected chi connectivity index (χ1v) is 5.45. The number of unbranched alkanes of at least 4 members (excludes halogenated alkanes) is 1. The molecule has 3 N–H and O–H groups in total. The minimum atomic E-state index is -0.992. The van der Waals surface area contributed by atoms with Crippen molar-refractivity contribution in [3.63, 3.8) is 0 Å². The van der Waals surface area contributed by atoms with E-state index >= 15 is 0 Å². The summed E-state index contributed by atoms with van der Waals surface area (Å²) < 4.78 is 0. The maximum atomic E-state index is 11.4. The summed E-state index contributed by atoms with van der Waals surface area (Å²) in [5, 5.41) is 22.3. The first-order valence-electron chi connectivity index (χ1n) is 5.45. The van der Waals surface area contributed by atoms with Gasteiger partial charge in [0.15, 0.2) is 0 Å². The lowest BCUT2D eigenvalue weighted by Crippen LogP contribution is -2.28. The van der Waals surface area contributed by atoms with E-state index in [2.05, 4.69) is 10.6 Å². The second-order valence-electron chi connectivity index (χ2n) is 3.38. The highest BCUT2D eigenvalue weighted by Gasteiger charge is 2.08. The Balaban J connectivity index is 4.04. The number of carboxylic acid groups (broad SMARTS) is 1. The number of carboxylic acids is 1. The van der Waals surface area contributed by atoms with Gasteiger partial charge in [-0.1, -0.05) is 13.3 Å². The van der Waals surface area contributed by atoms with Crippen molar-refractivity contribution in [2.45, 2.75) is 26.2 Å². The van der Waals surface area contributed by atoms with Crippen LogP contribution in [0.3, 0.4) is 0 Å². The Morgan fingerprint density at radius 2 is 2.12 bits per heavy atom. The van der Waals surface area contributed by atoms with E-state index in [-0.39, 0.29) is 18.5 Å². The van der Waals surface area contributed by atoms with Crippen molar-refractivity contribution < 1.29 is 14.7 Å². The molecule has 0 unspecified atom stereocenters. The highest BCUT2D eigenvalue weighted by atomic mass is 16.4. The SMILES string of the molecule is CCCCN/C=C(/C#N)C(=O)NCCC(=O)O. The Morgan fingerprint density at radius 3 is 2.65 bits per heavy atom. The normalized spacial score (nSPS) is 10.5. The van der Waals surface area contributed by atoms with Gasteiger partial charge >= 0.3 is 5.97 Å². The molecule has 0 spiro atoms. The van der Waals surface area contributed by atoms with Crippen LogP contribution in [-0.2, 0) is 9.59 Å². The van der Waals surface area contributed by atoms with Gasteiger partial charge in [0.25, 0.3) is 5.91 Å². The third kappa shape index (κ3) is 7.85. The second kappa shape index (κ2) is 9.21. The van der Waals surface area contributed by atoms with E-state index in [0.29, 0.717) is 6.54 Å². The summed E-state index contributed by atoms with van der Waals surface area (Å²) in [4.78, 5) is 21.6. The predicted octanol–water partition coefficient (Wildman–Crippen LogP) is 0.374. The molecular weight excluding hydrogens is 222 g/mol. The fourth-order valence-corrected chi connectivity index (χ4v) is 0.980. The van der Waals surface area contributed by atoms with E-state index in [1.807, 2.05) is 6.92 Å². The van der Waals surface area contributed by atoms with Crippen LogP contribution in [-0.4, -0.2) is 30.1 Å². The van der Waals surface area contributed by atoms with Crippen molar-refractivity contribution in [3.05, 3.63) is 11.8 Å². The lowest BCUT2D eigenvalue weighted by Gasteiger charge is -2.03. The Morgan fingerprint density at radius 1 is 1.41 bits per heavy atom. The number of nitrogens with zero attached hydrogens (tertiary/aromatic N) is 1. The molecule has 0 heterocycles. The van der Waals surface area contributed by atoms with Crippen LogP contribution in [0.5, 0.6) is 0 Å². The van der Waals surface area contributed by atoms with Crippen molar-refractivity contribution in [1.82, 2.24) is 10.6 Å². The van der Waals surface area contributed by atoms with Crippen LogP contribution >= 0.6 is 0 Å². The first kappa shape index (κ1) is 15.0. The van der Waals surface area contributed by atoms with Crippen molar-refractivity contribution in [3.8, 4) is 6.07 Å². The second-order valence-corrected chi connectivity index (χ2v) is 3.38. The summed E-state index contributed by atoms with van der Waals surface area (Å²) in [6.45, 7) is 2.75. The smallest absolute Gasteiger partial charge is 0.305 e. The average molecular weight is 239 g/mol. The van der Waals surface area contributed by atoms with Crippen LogP contribution in [0.1, 0.15) is 26.2 Å². The van der Waals surface area contributed by atoms with Crippen LogP contribution < -0.4 is 10.6 Å². The summed E-state index contributed by atoms with van der Waals surface area (Å²) in [6.07, 6.45) is 3.17. The molecule has 0 aromatic rings. The summed E-state index contributed by atoms with van der Waals surface area (Å²) in [5.41, 5.74) is -0.0495. The Kier molecular flexibility index (Phi) is 8.11. The van der Waals surface area contributed by atoms with Gasteiger partial charge in [-0.15, -0.1) is 0 Å². The van der Waals surface area contributed by atoms with Crippen molar-refractivity contribution in [2.75, 3.05) is 13.1 Å². The fourth-order valence-electron chi connectivity index (χ4n) is 0.980. The molecule has 6 heteroatoms. The van der Waals surface area contributed by atoms with Gasteiger partial charge in [0.05, 0.1) is 6.42 Å². The zero-order chi connectivity index (χ0) is 13.1. The quantitative estimate of drug-likeness (QED) is 0.323. The molecule has 0 aromatic carbocycles. The molecule has 0 radical (unpaired) electrons. The molecule has 0 rings (SSSR count). The average Bonchev–Trinajstić information content (AvgIpc) is 2.28. The number of nitrogens with one attached hydrogen (secondary N) is 2. The number of hydrogen-bond donors (Lipinski definition) is 3. The van der Waals surface area contributed by atoms with Crippen LogP contribution in [0.4, 0.5) is 0 Å². The molecule has 94 valence electrons. The number of hydrogen-bond acceptors (Lipinski definition) is 4. The van der Waals surface area contributed by atoms with Crippen LogP contribution in [0.2, 0.25) is 0 Å². The van der Waals surface area contributed by atoms with Gasteiger partial charge in [-0.25, -0.2) is 0 Å². The van der Waals surface area contributed by atoms with E-state index in [4.69, 9.17) is 10.4 Å². The maximum Gasteiger partial charge on any atom is 0.305 e. The fraction of sp³-hybridized carbons (Fsp3) is 0.545. The molecule has 1 amide bonds. The molecule has 0 atom stereocenters. The topological polar surface area (TPSA) is 102 Å². The zero-order valence-electron chi connectivity index (χ0n) is 9.82. The molecule has 0 aliphatic heterocycles. The predicted molar refractivity (Wildman–Crippen MR) is 61.9 cm³/mol. The Labute approximate surface area is 100 Å². The largest absolute Gasteiger partial charge is 0.481 e. The summed E-state index contributed by atoms with van der Waals surface area (Å²) in [6, 6.07) is 1.76. The van der Waals surface area contributed by atoms with E-state index in [0.717, 1.165) is 12.8 Å². The number of aliphatic carboxylic acids is 1. The van der Waals surface area contributed by atoms with Crippen LogP contribution in [0.15, 0.2) is 11.8 Å². The highest BCUT2D eigenvalue weighted by Crippen LogP contribution is 1.91. The summed E-state index contributed by atoms with van der Waals surface area (Å²) in [7, 11) is 0. The maximum absolute atomic E-state index is 11.4. The highest BCUT2D eigenvalue weighted by molar-refractivity contribution is 5.97.